The van der Waals surface area contributed by atoms with Crippen molar-refractivity contribution in [3.8, 4) is 5.75 Å². The lowest BCUT2D eigenvalue weighted by Gasteiger charge is -2.29. The topological polar surface area (TPSA) is 27.7 Å². The van der Waals surface area contributed by atoms with Gasteiger partial charge in [0.15, 0.2) is 5.11 Å². The molecule has 4 nitrogen and oxygen atoms in total. The van der Waals surface area contributed by atoms with Gasteiger partial charge < -0.3 is 19.9 Å². The minimum Gasteiger partial charge on any atom is -0.497 e. The Balaban J connectivity index is 1.56. The van der Waals surface area contributed by atoms with E-state index < -0.39 is 0 Å². The van der Waals surface area contributed by atoms with Gasteiger partial charge in [0.25, 0.3) is 0 Å². The van der Waals surface area contributed by atoms with Crippen LogP contribution in [0.1, 0.15) is 24.8 Å². The highest BCUT2D eigenvalue weighted by atomic mass is 32.1. The fraction of sp³-hybridized carbons (Fsp3) is 0.381. The van der Waals surface area contributed by atoms with E-state index >= 15 is 0 Å². The van der Waals surface area contributed by atoms with Crippen molar-refractivity contribution in [2.75, 3.05) is 37.5 Å². The van der Waals surface area contributed by atoms with Gasteiger partial charge in [-0.1, -0.05) is 18.2 Å². The molecule has 0 aromatic heterocycles. The zero-order valence-electron chi connectivity index (χ0n) is 15.6. The number of benzene rings is 2. The van der Waals surface area contributed by atoms with E-state index in [0.29, 0.717) is 5.11 Å². The zero-order valence-corrected chi connectivity index (χ0v) is 16.4. The zero-order chi connectivity index (χ0) is 18.4. The summed E-state index contributed by atoms with van der Waals surface area (Å²) in [5.41, 5.74) is 3.51. The second-order valence-electron chi connectivity index (χ2n) is 6.73. The molecule has 0 spiro atoms. The van der Waals surface area contributed by atoms with Crippen LogP contribution in [0.2, 0.25) is 0 Å². The van der Waals surface area contributed by atoms with Crippen LogP contribution in [0.4, 0.5) is 11.4 Å². The predicted octanol–water partition coefficient (Wildman–Crippen LogP) is 4.51. The molecule has 0 aliphatic carbocycles. The molecule has 0 amide bonds. The van der Waals surface area contributed by atoms with Gasteiger partial charge in [-0.3, -0.25) is 0 Å². The maximum Gasteiger partial charge on any atom is 0.173 e. The normalized spacial score (nSPS) is 14.0. The molecule has 1 heterocycles. The molecule has 0 radical (unpaired) electrons. The van der Waals surface area contributed by atoms with Crippen LogP contribution in [0.3, 0.4) is 0 Å². The van der Waals surface area contributed by atoms with Gasteiger partial charge in [0.1, 0.15) is 5.75 Å². The number of nitrogens with one attached hydrogen (secondary N) is 1. The van der Waals surface area contributed by atoms with Gasteiger partial charge in [0, 0.05) is 44.1 Å². The van der Waals surface area contributed by atoms with Gasteiger partial charge >= 0.3 is 0 Å². The number of thiocarbonyl (C=S) groups is 1. The first-order valence-corrected chi connectivity index (χ1v) is 9.56. The van der Waals surface area contributed by atoms with Crippen molar-refractivity contribution in [1.29, 1.82) is 0 Å². The summed E-state index contributed by atoms with van der Waals surface area (Å²) in [6.07, 6.45) is 3.96. The minimum absolute atomic E-state index is 0.693. The summed E-state index contributed by atoms with van der Waals surface area (Å²) in [4.78, 5) is 4.52. The van der Waals surface area contributed by atoms with Gasteiger partial charge in [-0.25, -0.2) is 0 Å². The van der Waals surface area contributed by atoms with Crippen LogP contribution in [-0.4, -0.2) is 37.3 Å². The molecule has 1 N–H and O–H groups in total. The fourth-order valence-corrected chi connectivity index (χ4v) is 3.41. The van der Waals surface area contributed by atoms with E-state index in [1.165, 1.54) is 43.6 Å². The number of piperidine rings is 1. The van der Waals surface area contributed by atoms with Crippen molar-refractivity contribution in [3.05, 3.63) is 54.1 Å². The van der Waals surface area contributed by atoms with E-state index in [9.17, 15) is 0 Å². The van der Waals surface area contributed by atoms with Gasteiger partial charge in [-0.15, -0.1) is 0 Å². The molecule has 2 aromatic carbocycles. The van der Waals surface area contributed by atoms with E-state index in [2.05, 4.69) is 34.5 Å². The number of nitrogens with zero attached hydrogens (tertiary/aromatic N) is 2. The lowest BCUT2D eigenvalue weighted by atomic mass is 10.1. The molecule has 1 fully saturated rings. The Labute approximate surface area is 161 Å². The van der Waals surface area contributed by atoms with Gasteiger partial charge in [-0.2, -0.15) is 0 Å². The Morgan fingerprint density at radius 3 is 2.54 bits per heavy atom. The molecule has 26 heavy (non-hydrogen) atoms. The van der Waals surface area contributed by atoms with Crippen LogP contribution in [0.5, 0.6) is 5.75 Å². The molecule has 1 saturated heterocycles. The summed E-state index contributed by atoms with van der Waals surface area (Å²) >= 11 is 5.53. The van der Waals surface area contributed by atoms with Crippen molar-refractivity contribution in [2.45, 2.75) is 25.8 Å². The standard InChI is InChI=1S/C21H27N3OS/c1-23(21(26)22-18-7-6-8-20(15-18)25-2)16-17-9-11-19(12-10-17)24-13-4-3-5-14-24/h6-12,15H,3-5,13-14,16H2,1-2H3,(H,22,26). The van der Waals surface area contributed by atoms with Crippen LogP contribution >= 0.6 is 12.2 Å². The highest BCUT2D eigenvalue weighted by Crippen LogP contribution is 2.21. The second-order valence-corrected chi connectivity index (χ2v) is 7.12. The summed E-state index contributed by atoms with van der Waals surface area (Å²) in [6, 6.07) is 16.7. The van der Waals surface area contributed by atoms with Gasteiger partial charge in [-0.05, 0) is 61.3 Å². The minimum atomic E-state index is 0.693. The van der Waals surface area contributed by atoms with Crippen molar-refractivity contribution in [1.82, 2.24) is 4.90 Å². The second kappa shape index (κ2) is 8.90. The quantitative estimate of drug-likeness (QED) is 0.783. The maximum atomic E-state index is 5.53. The van der Waals surface area contributed by atoms with Crippen molar-refractivity contribution < 1.29 is 4.74 Å². The predicted molar refractivity (Wildman–Crippen MR) is 113 cm³/mol. The molecular weight excluding hydrogens is 342 g/mol. The molecule has 5 heteroatoms. The molecular formula is C21H27N3OS. The molecule has 2 aromatic rings. The molecule has 0 saturated carbocycles. The molecule has 138 valence electrons. The van der Waals surface area contributed by atoms with Crippen LogP contribution in [-0.2, 0) is 6.54 Å². The SMILES string of the molecule is COc1cccc(NC(=S)N(C)Cc2ccc(N3CCCCC3)cc2)c1. The molecule has 0 unspecified atom stereocenters. The van der Waals surface area contributed by atoms with Crippen molar-refractivity contribution in [3.63, 3.8) is 0 Å². The summed E-state index contributed by atoms with van der Waals surface area (Å²) in [5.74, 6) is 0.814. The fourth-order valence-electron chi connectivity index (χ4n) is 3.23. The largest absolute Gasteiger partial charge is 0.497 e. The van der Waals surface area contributed by atoms with Gasteiger partial charge in [0.05, 0.1) is 7.11 Å². The first-order valence-electron chi connectivity index (χ1n) is 9.16. The van der Waals surface area contributed by atoms with Crippen LogP contribution in [0, 0.1) is 0 Å². The van der Waals surface area contributed by atoms with Crippen LogP contribution in [0.25, 0.3) is 0 Å². The number of hydrogen-bond donors (Lipinski definition) is 1. The van der Waals surface area contributed by atoms with E-state index in [-0.39, 0.29) is 0 Å². The lowest BCUT2D eigenvalue weighted by Crippen LogP contribution is -2.31. The first kappa shape index (κ1) is 18.5. The summed E-state index contributed by atoms with van der Waals surface area (Å²) in [5, 5.41) is 3.96. The Morgan fingerprint density at radius 2 is 1.85 bits per heavy atom. The third-order valence-electron chi connectivity index (χ3n) is 4.75. The number of hydrogen-bond acceptors (Lipinski definition) is 3. The number of methoxy groups -OCH3 is 1. The van der Waals surface area contributed by atoms with E-state index in [1.54, 1.807) is 7.11 Å². The summed E-state index contributed by atoms with van der Waals surface area (Å²) < 4.78 is 5.25. The Kier molecular flexibility index (Phi) is 6.34. The molecule has 1 aliphatic heterocycles. The third-order valence-corrected chi connectivity index (χ3v) is 5.16. The lowest BCUT2D eigenvalue weighted by molar-refractivity contribution is 0.415. The molecule has 0 atom stereocenters. The average molecular weight is 370 g/mol. The Bertz CT molecular complexity index is 726. The van der Waals surface area contributed by atoms with E-state index in [4.69, 9.17) is 17.0 Å². The summed E-state index contributed by atoms with van der Waals surface area (Å²) in [7, 11) is 3.67. The average Bonchev–Trinajstić information content (AvgIpc) is 2.69. The maximum absolute atomic E-state index is 5.53. The third kappa shape index (κ3) is 4.88. The highest BCUT2D eigenvalue weighted by Gasteiger charge is 2.11. The van der Waals surface area contributed by atoms with Crippen molar-refractivity contribution in [2.24, 2.45) is 0 Å². The number of rotatable bonds is 5. The van der Waals surface area contributed by atoms with Crippen LogP contribution < -0.4 is 15.0 Å². The molecule has 0 bridgehead atoms. The smallest absolute Gasteiger partial charge is 0.173 e. The monoisotopic (exact) mass is 369 g/mol. The van der Waals surface area contributed by atoms with E-state index in [1.807, 2.05) is 36.2 Å². The number of anilines is 2. The van der Waals surface area contributed by atoms with Crippen LogP contribution in [0.15, 0.2) is 48.5 Å². The summed E-state index contributed by atoms with van der Waals surface area (Å²) in [6.45, 7) is 3.12. The first-order chi connectivity index (χ1) is 12.7. The number of ether oxygens (including phenoxy) is 1. The Morgan fingerprint density at radius 1 is 1.12 bits per heavy atom. The van der Waals surface area contributed by atoms with E-state index in [0.717, 1.165) is 18.0 Å². The van der Waals surface area contributed by atoms with Gasteiger partial charge in [0.2, 0.25) is 0 Å². The molecule has 3 rings (SSSR count). The Hall–Kier alpha value is -2.27. The molecule has 1 aliphatic rings. The highest BCUT2D eigenvalue weighted by molar-refractivity contribution is 7.80. The van der Waals surface area contributed by atoms with Crippen molar-refractivity contribution >= 4 is 28.7 Å².